The zero-order valence-electron chi connectivity index (χ0n) is 9.51. The molecule has 0 spiro atoms. The molecule has 1 aromatic carbocycles. The summed E-state index contributed by atoms with van der Waals surface area (Å²) in [5.41, 5.74) is 7.14. The van der Waals surface area contributed by atoms with Crippen LogP contribution in [0.15, 0.2) is 41.6 Å². The van der Waals surface area contributed by atoms with E-state index in [9.17, 15) is 0 Å². The van der Waals surface area contributed by atoms with Crippen LogP contribution in [0.25, 0.3) is 0 Å². The number of hydrogen-bond donors (Lipinski definition) is 1. The minimum atomic E-state index is -0.00678. The van der Waals surface area contributed by atoms with Crippen molar-refractivity contribution in [2.45, 2.75) is 10.9 Å². The molecule has 2 aromatic rings. The number of aromatic nitrogens is 2. The first-order valence-corrected chi connectivity index (χ1v) is 6.64. The van der Waals surface area contributed by atoms with Gasteiger partial charge in [0.05, 0.1) is 6.20 Å². The van der Waals surface area contributed by atoms with Crippen LogP contribution >= 0.6 is 23.4 Å². The second-order valence-electron chi connectivity index (χ2n) is 3.82. The maximum atomic E-state index is 6.09. The van der Waals surface area contributed by atoms with Crippen LogP contribution in [-0.2, 0) is 7.05 Å². The van der Waals surface area contributed by atoms with Crippen molar-refractivity contribution < 1.29 is 0 Å². The van der Waals surface area contributed by atoms with Gasteiger partial charge in [0.2, 0.25) is 0 Å². The molecule has 1 heterocycles. The van der Waals surface area contributed by atoms with Crippen LogP contribution in [0, 0.1) is 0 Å². The normalized spacial score (nSPS) is 12.6. The van der Waals surface area contributed by atoms with E-state index in [1.54, 1.807) is 16.4 Å². The van der Waals surface area contributed by atoms with Crippen molar-refractivity contribution >= 4 is 23.4 Å². The molecule has 0 saturated carbocycles. The first-order valence-electron chi connectivity index (χ1n) is 5.27. The molecule has 0 aliphatic heterocycles. The van der Waals surface area contributed by atoms with Crippen LogP contribution in [0.1, 0.15) is 11.6 Å². The highest BCUT2D eigenvalue weighted by Gasteiger charge is 2.08. The average Bonchev–Trinajstić information content (AvgIpc) is 2.73. The highest BCUT2D eigenvalue weighted by molar-refractivity contribution is 7.99. The molecular weight excluding hydrogens is 254 g/mol. The van der Waals surface area contributed by atoms with Gasteiger partial charge >= 0.3 is 0 Å². The second kappa shape index (κ2) is 5.58. The van der Waals surface area contributed by atoms with Crippen molar-refractivity contribution in [1.82, 2.24) is 9.78 Å². The van der Waals surface area contributed by atoms with Crippen LogP contribution in [0.5, 0.6) is 0 Å². The SMILES string of the molecule is Cn1cc(C(N)CSc2cccc(Cl)c2)cn1. The number of rotatable bonds is 4. The molecule has 0 radical (unpaired) electrons. The van der Waals surface area contributed by atoms with Gasteiger partial charge in [-0.05, 0) is 18.2 Å². The first-order chi connectivity index (χ1) is 8.15. The molecule has 1 atom stereocenters. The number of thioether (sulfide) groups is 1. The Morgan fingerprint density at radius 3 is 3.00 bits per heavy atom. The van der Waals surface area contributed by atoms with Crippen molar-refractivity contribution in [3.05, 3.63) is 47.2 Å². The molecule has 1 aromatic heterocycles. The molecule has 1 unspecified atom stereocenters. The number of halogens is 1. The number of aryl methyl sites for hydroxylation is 1. The summed E-state index contributed by atoms with van der Waals surface area (Å²) in [5, 5.41) is 4.87. The van der Waals surface area contributed by atoms with Crippen molar-refractivity contribution in [3.8, 4) is 0 Å². The third-order valence-electron chi connectivity index (χ3n) is 2.38. The van der Waals surface area contributed by atoms with Crippen LogP contribution < -0.4 is 5.73 Å². The molecule has 0 amide bonds. The van der Waals surface area contributed by atoms with Crippen molar-refractivity contribution in [2.75, 3.05) is 5.75 Å². The fourth-order valence-electron chi connectivity index (χ4n) is 1.47. The Kier molecular flexibility index (Phi) is 4.10. The van der Waals surface area contributed by atoms with E-state index >= 15 is 0 Å². The van der Waals surface area contributed by atoms with Crippen molar-refractivity contribution in [3.63, 3.8) is 0 Å². The topological polar surface area (TPSA) is 43.8 Å². The molecule has 2 N–H and O–H groups in total. The summed E-state index contributed by atoms with van der Waals surface area (Å²) in [6.07, 6.45) is 3.76. The van der Waals surface area contributed by atoms with Gasteiger partial charge in [-0.3, -0.25) is 4.68 Å². The molecule has 2 rings (SSSR count). The summed E-state index contributed by atoms with van der Waals surface area (Å²) in [4.78, 5) is 1.14. The van der Waals surface area contributed by atoms with E-state index < -0.39 is 0 Å². The molecule has 3 nitrogen and oxygen atoms in total. The summed E-state index contributed by atoms with van der Waals surface area (Å²) < 4.78 is 1.76. The van der Waals surface area contributed by atoms with Crippen molar-refractivity contribution in [1.29, 1.82) is 0 Å². The quantitative estimate of drug-likeness (QED) is 0.867. The Balaban J connectivity index is 1.94. The lowest BCUT2D eigenvalue weighted by atomic mass is 10.2. The van der Waals surface area contributed by atoms with E-state index in [1.807, 2.05) is 43.7 Å². The van der Waals surface area contributed by atoms with Crippen molar-refractivity contribution in [2.24, 2.45) is 12.8 Å². The first kappa shape index (κ1) is 12.5. The second-order valence-corrected chi connectivity index (χ2v) is 5.35. The van der Waals surface area contributed by atoms with Crippen LogP contribution in [-0.4, -0.2) is 15.5 Å². The lowest BCUT2D eigenvalue weighted by Gasteiger charge is -2.08. The summed E-state index contributed by atoms with van der Waals surface area (Å²) in [6.45, 7) is 0. The summed E-state index contributed by atoms with van der Waals surface area (Å²) in [5.74, 6) is 0.812. The Morgan fingerprint density at radius 2 is 2.35 bits per heavy atom. The summed E-state index contributed by atoms with van der Waals surface area (Å²) >= 11 is 7.62. The largest absolute Gasteiger partial charge is 0.323 e. The van der Waals surface area contributed by atoms with Gasteiger partial charge in [0.25, 0.3) is 0 Å². The number of benzene rings is 1. The average molecular weight is 268 g/mol. The monoisotopic (exact) mass is 267 g/mol. The van der Waals surface area contributed by atoms with Gasteiger partial charge in [-0.2, -0.15) is 5.10 Å². The minimum absolute atomic E-state index is 0.00678. The number of hydrogen-bond acceptors (Lipinski definition) is 3. The highest BCUT2D eigenvalue weighted by atomic mass is 35.5. The van der Waals surface area contributed by atoms with Gasteiger partial charge in [0.1, 0.15) is 0 Å². The lowest BCUT2D eigenvalue weighted by molar-refractivity contribution is 0.763. The maximum Gasteiger partial charge on any atom is 0.0537 e. The van der Waals surface area contributed by atoms with E-state index in [0.717, 1.165) is 21.2 Å². The lowest BCUT2D eigenvalue weighted by Crippen LogP contribution is -2.12. The van der Waals surface area contributed by atoms with Gasteiger partial charge in [0.15, 0.2) is 0 Å². The van der Waals surface area contributed by atoms with E-state index in [1.165, 1.54) is 0 Å². The fraction of sp³-hybridized carbons (Fsp3) is 0.250. The predicted octanol–water partition coefficient (Wildman–Crippen LogP) is 2.87. The molecule has 0 aliphatic carbocycles. The third kappa shape index (κ3) is 3.49. The Hall–Kier alpha value is -0.970. The van der Waals surface area contributed by atoms with Crippen LogP contribution in [0.4, 0.5) is 0 Å². The molecule has 0 fully saturated rings. The molecule has 90 valence electrons. The predicted molar refractivity (Wildman–Crippen MR) is 72.3 cm³/mol. The minimum Gasteiger partial charge on any atom is -0.323 e. The molecule has 0 bridgehead atoms. The van der Waals surface area contributed by atoms with Gasteiger partial charge in [-0.1, -0.05) is 17.7 Å². The highest BCUT2D eigenvalue weighted by Crippen LogP contribution is 2.25. The van der Waals surface area contributed by atoms with E-state index in [4.69, 9.17) is 17.3 Å². The molecule has 0 saturated heterocycles. The van der Waals surface area contributed by atoms with E-state index in [-0.39, 0.29) is 6.04 Å². The molecule has 5 heteroatoms. The van der Waals surface area contributed by atoms with Gasteiger partial charge < -0.3 is 5.73 Å². The fourth-order valence-corrected chi connectivity index (χ4v) is 2.68. The Labute approximate surface area is 110 Å². The summed E-state index contributed by atoms with van der Waals surface area (Å²) in [6, 6.07) is 7.79. The maximum absolute atomic E-state index is 6.09. The Bertz CT molecular complexity index is 498. The van der Waals surface area contributed by atoms with Gasteiger partial charge in [-0.15, -0.1) is 11.8 Å². The zero-order valence-corrected chi connectivity index (χ0v) is 11.1. The zero-order chi connectivity index (χ0) is 12.3. The van der Waals surface area contributed by atoms with E-state index in [0.29, 0.717) is 0 Å². The van der Waals surface area contributed by atoms with Crippen LogP contribution in [0.3, 0.4) is 0 Å². The molecule has 0 aliphatic rings. The van der Waals surface area contributed by atoms with Gasteiger partial charge in [-0.25, -0.2) is 0 Å². The third-order valence-corrected chi connectivity index (χ3v) is 3.73. The van der Waals surface area contributed by atoms with E-state index in [2.05, 4.69) is 5.10 Å². The standard InChI is InChI=1S/C12H14ClN3S/c1-16-7-9(6-15-16)12(14)8-17-11-4-2-3-10(13)5-11/h2-7,12H,8,14H2,1H3. The summed E-state index contributed by atoms with van der Waals surface area (Å²) in [7, 11) is 1.89. The van der Waals surface area contributed by atoms with Gasteiger partial charge in [0, 0.05) is 40.5 Å². The van der Waals surface area contributed by atoms with Crippen LogP contribution in [0.2, 0.25) is 5.02 Å². The number of nitrogens with two attached hydrogens (primary N) is 1. The smallest absolute Gasteiger partial charge is 0.0537 e. The Morgan fingerprint density at radius 1 is 1.53 bits per heavy atom. The molecule has 17 heavy (non-hydrogen) atoms. The molecular formula is C12H14ClN3S. The number of nitrogens with zero attached hydrogens (tertiary/aromatic N) is 2.